The second kappa shape index (κ2) is 7.75. The summed E-state index contributed by atoms with van der Waals surface area (Å²) in [4.78, 5) is 23.7. The average Bonchev–Trinajstić information content (AvgIpc) is 3.28. The summed E-state index contributed by atoms with van der Waals surface area (Å²) in [5.41, 5.74) is -1.44. The van der Waals surface area contributed by atoms with Crippen LogP contribution in [0.25, 0.3) is 0 Å². The molecule has 0 radical (unpaired) electrons. The first-order valence-corrected chi connectivity index (χ1v) is 7.83. The van der Waals surface area contributed by atoms with Crippen molar-refractivity contribution in [3.05, 3.63) is 36.0 Å². The van der Waals surface area contributed by atoms with Gasteiger partial charge in [-0.2, -0.15) is 35.8 Å². The fourth-order valence-corrected chi connectivity index (χ4v) is 2.03. The molecule has 0 aliphatic heterocycles. The average molecular weight is 430 g/mol. The third-order valence-corrected chi connectivity index (χ3v) is 3.59. The lowest BCUT2D eigenvalue weighted by Gasteiger charge is -2.26. The lowest BCUT2D eigenvalue weighted by atomic mass is 10.1. The van der Waals surface area contributed by atoms with Gasteiger partial charge in [0.1, 0.15) is 5.76 Å². The van der Waals surface area contributed by atoms with E-state index in [1.54, 1.807) is 0 Å². The fourth-order valence-electron chi connectivity index (χ4n) is 2.03. The second-order valence-electron chi connectivity index (χ2n) is 5.61. The zero-order valence-electron chi connectivity index (χ0n) is 14.5. The fraction of sp³-hybridized carbons (Fsp3) is 0.400. The highest BCUT2D eigenvalue weighted by Gasteiger charge is 2.76. The third-order valence-electron chi connectivity index (χ3n) is 3.59. The standard InChI is InChI=1S/C15H13F7N4O3/c1-2-26-7-9(10(25-26)11(27)23-6-8-4-3-5-29-8)24-12(28)13(16,17)14(18,19)15(20,21)22/h3-5,7H,2,6H2,1H3,(H,23,27)(H,24,28). The Morgan fingerprint density at radius 2 is 1.83 bits per heavy atom. The molecule has 160 valence electrons. The minimum absolute atomic E-state index is 0.0729. The number of carbonyl (C=O) groups is 2. The lowest BCUT2D eigenvalue weighted by molar-refractivity contribution is -0.343. The van der Waals surface area contributed by atoms with Crippen LogP contribution >= 0.6 is 0 Å². The van der Waals surface area contributed by atoms with Crippen molar-refractivity contribution in [3.8, 4) is 0 Å². The molecular weight excluding hydrogens is 417 g/mol. The summed E-state index contributed by atoms with van der Waals surface area (Å²) in [6.45, 7) is 1.42. The first-order chi connectivity index (χ1) is 13.3. The van der Waals surface area contributed by atoms with E-state index in [9.17, 15) is 40.3 Å². The van der Waals surface area contributed by atoms with Gasteiger partial charge in [0.05, 0.1) is 18.5 Å². The van der Waals surface area contributed by atoms with Crippen LogP contribution < -0.4 is 10.6 Å². The van der Waals surface area contributed by atoms with E-state index < -0.39 is 41.2 Å². The summed E-state index contributed by atoms with van der Waals surface area (Å²) in [5.74, 6) is -16.4. The van der Waals surface area contributed by atoms with E-state index in [4.69, 9.17) is 4.42 Å². The molecule has 0 spiro atoms. The van der Waals surface area contributed by atoms with Crippen LogP contribution in [0, 0.1) is 0 Å². The van der Waals surface area contributed by atoms with E-state index in [2.05, 4.69) is 10.4 Å². The van der Waals surface area contributed by atoms with E-state index in [-0.39, 0.29) is 13.1 Å². The minimum atomic E-state index is -6.68. The predicted molar refractivity (Wildman–Crippen MR) is 82.4 cm³/mol. The Hall–Kier alpha value is -3.06. The summed E-state index contributed by atoms with van der Waals surface area (Å²) in [5, 5.41) is 7.17. The highest BCUT2D eigenvalue weighted by molar-refractivity contribution is 6.04. The Morgan fingerprint density at radius 3 is 2.34 bits per heavy atom. The van der Waals surface area contributed by atoms with Crippen molar-refractivity contribution >= 4 is 17.5 Å². The van der Waals surface area contributed by atoms with Crippen molar-refractivity contribution in [2.24, 2.45) is 0 Å². The zero-order chi connectivity index (χ0) is 22.0. The molecule has 29 heavy (non-hydrogen) atoms. The topological polar surface area (TPSA) is 89.2 Å². The smallest absolute Gasteiger partial charge is 0.460 e. The molecular formula is C15H13F7N4O3. The molecule has 0 saturated heterocycles. The van der Waals surface area contributed by atoms with Gasteiger partial charge in [-0.1, -0.05) is 0 Å². The highest BCUT2D eigenvalue weighted by Crippen LogP contribution is 2.46. The Morgan fingerprint density at radius 1 is 1.17 bits per heavy atom. The predicted octanol–water partition coefficient (Wildman–Crippen LogP) is 3.20. The summed E-state index contributed by atoms with van der Waals surface area (Å²) >= 11 is 0. The summed E-state index contributed by atoms with van der Waals surface area (Å²) in [6.07, 6.45) is -4.53. The van der Waals surface area contributed by atoms with E-state index in [0.717, 1.165) is 10.9 Å². The molecule has 0 saturated carbocycles. The normalized spacial score (nSPS) is 12.7. The van der Waals surface area contributed by atoms with Crippen LogP contribution in [0.5, 0.6) is 0 Å². The van der Waals surface area contributed by atoms with Gasteiger partial charge in [-0.15, -0.1) is 0 Å². The molecule has 2 aromatic heterocycles. The molecule has 2 N–H and O–H groups in total. The number of nitrogens with zero attached hydrogens (tertiary/aromatic N) is 2. The van der Waals surface area contributed by atoms with Gasteiger partial charge in [-0.05, 0) is 19.1 Å². The molecule has 2 aromatic rings. The van der Waals surface area contributed by atoms with Crippen molar-refractivity contribution in [1.29, 1.82) is 0 Å². The zero-order valence-corrected chi connectivity index (χ0v) is 14.5. The molecule has 2 amide bonds. The maximum atomic E-state index is 13.5. The Labute approximate surface area is 157 Å². The number of alkyl halides is 7. The van der Waals surface area contributed by atoms with Gasteiger partial charge in [0.25, 0.3) is 5.91 Å². The first kappa shape index (κ1) is 22.2. The Kier molecular flexibility index (Phi) is 5.94. The maximum Gasteiger partial charge on any atom is 0.460 e. The van der Waals surface area contributed by atoms with Gasteiger partial charge in [-0.25, -0.2) is 0 Å². The molecule has 0 aliphatic carbocycles. The Balaban J connectivity index is 2.24. The molecule has 0 aromatic carbocycles. The Bertz CT molecular complexity index is 875. The van der Waals surface area contributed by atoms with Crippen molar-refractivity contribution in [3.63, 3.8) is 0 Å². The molecule has 0 fully saturated rings. The summed E-state index contributed by atoms with van der Waals surface area (Å²) in [7, 11) is 0. The number of aryl methyl sites for hydroxylation is 1. The molecule has 0 atom stereocenters. The van der Waals surface area contributed by atoms with Gasteiger partial charge in [0, 0.05) is 12.7 Å². The van der Waals surface area contributed by atoms with E-state index in [0.29, 0.717) is 5.76 Å². The second-order valence-corrected chi connectivity index (χ2v) is 5.61. The maximum absolute atomic E-state index is 13.5. The van der Waals surface area contributed by atoms with Crippen molar-refractivity contribution in [1.82, 2.24) is 15.1 Å². The molecule has 14 heteroatoms. The summed E-state index contributed by atoms with van der Waals surface area (Å²) in [6, 6.07) is 3.01. The molecule has 0 unspecified atom stereocenters. The lowest BCUT2D eigenvalue weighted by Crippen LogP contribution is -2.57. The quantitative estimate of drug-likeness (QED) is 0.661. The van der Waals surface area contributed by atoms with E-state index in [1.165, 1.54) is 30.6 Å². The van der Waals surface area contributed by atoms with E-state index in [1.807, 2.05) is 0 Å². The molecule has 2 rings (SSSR count). The first-order valence-electron chi connectivity index (χ1n) is 7.83. The van der Waals surface area contributed by atoms with Crippen LogP contribution in [0.4, 0.5) is 36.4 Å². The van der Waals surface area contributed by atoms with Gasteiger partial charge >= 0.3 is 23.9 Å². The number of furan rings is 1. The van der Waals surface area contributed by atoms with Gasteiger partial charge in [0.2, 0.25) is 0 Å². The third kappa shape index (κ3) is 4.35. The van der Waals surface area contributed by atoms with Crippen LogP contribution in [0.1, 0.15) is 23.2 Å². The van der Waals surface area contributed by atoms with Gasteiger partial charge in [-0.3, -0.25) is 14.3 Å². The number of nitrogens with one attached hydrogen (secondary N) is 2. The van der Waals surface area contributed by atoms with Crippen LogP contribution in [0.15, 0.2) is 29.0 Å². The largest absolute Gasteiger partial charge is 0.467 e. The molecule has 0 bridgehead atoms. The number of amides is 2. The van der Waals surface area contributed by atoms with Crippen LogP contribution in [-0.4, -0.2) is 39.6 Å². The van der Waals surface area contributed by atoms with Gasteiger partial charge in [0.15, 0.2) is 5.69 Å². The number of carbonyl (C=O) groups excluding carboxylic acids is 2. The molecule has 2 heterocycles. The van der Waals surface area contributed by atoms with Gasteiger partial charge < -0.3 is 15.1 Å². The number of hydrogen-bond donors (Lipinski definition) is 2. The van der Waals surface area contributed by atoms with Crippen molar-refractivity contribution in [2.75, 3.05) is 5.32 Å². The van der Waals surface area contributed by atoms with Crippen LogP contribution in [0.3, 0.4) is 0 Å². The number of rotatable bonds is 7. The van der Waals surface area contributed by atoms with Crippen molar-refractivity contribution < 1.29 is 44.7 Å². The molecule has 7 nitrogen and oxygen atoms in total. The van der Waals surface area contributed by atoms with Crippen LogP contribution in [0.2, 0.25) is 0 Å². The number of halogens is 7. The van der Waals surface area contributed by atoms with E-state index >= 15 is 0 Å². The number of hydrogen-bond acceptors (Lipinski definition) is 4. The van der Waals surface area contributed by atoms with Crippen LogP contribution in [-0.2, 0) is 17.9 Å². The summed E-state index contributed by atoms with van der Waals surface area (Å²) < 4.78 is 95.7. The minimum Gasteiger partial charge on any atom is -0.467 e. The highest BCUT2D eigenvalue weighted by atomic mass is 19.4. The number of anilines is 1. The van der Waals surface area contributed by atoms with Crippen molar-refractivity contribution in [2.45, 2.75) is 38.0 Å². The number of aromatic nitrogens is 2. The monoisotopic (exact) mass is 430 g/mol. The molecule has 0 aliphatic rings. The SMILES string of the molecule is CCn1cc(NC(=O)C(F)(F)C(F)(F)C(F)(F)F)c(C(=O)NCc2ccco2)n1.